The number of benzene rings is 1. The minimum atomic E-state index is 0.112. The van der Waals surface area contributed by atoms with Crippen molar-refractivity contribution in [2.75, 3.05) is 0 Å². The summed E-state index contributed by atoms with van der Waals surface area (Å²) in [7, 11) is 0. The second-order valence-corrected chi connectivity index (χ2v) is 3.56. The zero-order valence-electron chi connectivity index (χ0n) is 8.80. The van der Waals surface area contributed by atoms with Crippen molar-refractivity contribution in [2.24, 2.45) is 5.73 Å². The van der Waals surface area contributed by atoms with Gasteiger partial charge in [0.2, 0.25) is 0 Å². The van der Waals surface area contributed by atoms with Crippen LogP contribution in [0.15, 0.2) is 42.7 Å². The van der Waals surface area contributed by atoms with Gasteiger partial charge in [-0.3, -0.25) is 0 Å². The molecule has 3 heteroatoms. The minimum absolute atomic E-state index is 0.112. The van der Waals surface area contributed by atoms with E-state index in [1.807, 2.05) is 29.1 Å². The molecule has 1 unspecified atom stereocenters. The van der Waals surface area contributed by atoms with Gasteiger partial charge in [-0.1, -0.05) is 19.1 Å². The van der Waals surface area contributed by atoms with Crippen LogP contribution in [0.25, 0.3) is 5.69 Å². The summed E-state index contributed by atoms with van der Waals surface area (Å²) in [4.78, 5) is 0. The second kappa shape index (κ2) is 4.28. The molecule has 1 heterocycles. The van der Waals surface area contributed by atoms with Gasteiger partial charge >= 0.3 is 0 Å². The zero-order valence-corrected chi connectivity index (χ0v) is 8.80. The van der Waals surface area contributed by atoms with E-state index in [-0.39, 0.29) is 6.04 Å². The molecule has 1 aromatic carbocycles. The highest BCUT2D eigenvalue weighted by Gasteiger charge is 2.04. The maximum absolute atomic E-state index is 5.99. The SMILES string of the molecule is CCC(N)c1cccc(-n2cccn2)c1. The van der Waals surface area contributed by atoms with Crippen LogP contribution < -0.4 is 5.73 Å². The maximum Gasteiger partial charge on any atom is 0.0648 e. The van der Waals surface area contributed by atoms with Crippen molar-refractivity contribution in [3.8, 4) is 5.69 Å². The molecule has 2 rings (SSSR count). The number of rotatable bonds is 3. The van der Waals surface area contributed by atoms with Gasteiger partial charge in [0, 0.05) is 18.4 Å². The summed E-state index contributed by atoms with van der Waals surface area (Å²) >= 11 is 0. The van der Waals surface area contributed by atoms with Crippen LogP contribution in [0.5, 0.6) is 0 Å². The van der Waals surface area contributed by atoms with Crippen molar-refractivity contribution in [1.29, 1.82) is 0 Å². The maximum atomic E-state index is 5.99. The van der Waals surface area contributed by atoms with E-state index in [9.17, 15) is 0 Å². The van der Waals surface area contributed by atoms with Crippen LogP contribution >= 0.6 is 0 Å². The Kier molecular flexibility index (Phi) is 2.83. The molecule has 0 spiro atoms. The van der Waals surface area contributed by atoms with E-state index in [4.69, 9.17) is 5.73 Å². The van der Waals surface area contributed by atoms with E-state index >= 15 is 0 Å². The van der Waals surface area contributed by atoms with Crippen LogP contribution in [0.3, 0.4) is 0 Å². The molecule has 0 radical (unpaired) electrons. The van der Waals surface area contributed by atoms with Gasteiger partial charge in [0.1, 0.15) is 0 Å². The monoisotopic (exact) mass is 201 g/mol. The number of aromatic nitrogens is 2. The van der Waals surface area contributed by atoms with E-state index in [0.717, 1.165) is 17.7 Å². The first-order valence-corrected chi connectivity index (χ1v) is 5.17. The quantitative estimate of drug-likeness (QED) is 0.828. The van der Waals surface area contributed by atoms with E-state index in [1.165, 1.54) is 0 Å². The fourth-order valence-electron chi connectivity index (χ4n) is 1.56. The molecular weight excluding hydrogens is 186 g/mol. The van der Waals surface area contributed by atoms with Gasteiger partial charge in [-0.05, 0) is 30.2 Å². The van der Waals surface area contributed by atoms with Crippen molar-refractivity contribution in [3.05, 3.63) is 48.3 Å². The lowest BCUT2D eigenvalue weighted by Gasteiger charge is -2.10. The highest BCUT2D eigenvalue weighted by molar-refractivity contribution is 5.36. The molecule has 2 aromatic rings. The first-order chi connectivity index (χ1) is 7.31. The molecule has 3 nitrogen and oxygen atoms in total. The lowest BCUT2D eigenvalue weighted by atomic mass is 10.1. The molecule has 1 aromatic heterocycles. The molecule has 78 valence electrons. The molecule has 15 heavy (non-hydrogen) atoms. The summed E-state index contributed by atoms with van der Waals surface area (Å²) in [5, 5.41) is 4.19. The Morgan fingerprint density at radius 3 is 2.93 bits per heavy atom. The van der Waals surface area contributed by atoms with Gasteiger partial charge in [0.05, 0.1) is 5.69 Å². The molecule has 0 bridgehead atoms. The van der Waals surface area contributed by atoms with Crippen molar-refractivity contribution >= 4 is 0 Å². The minimum Gasteiger partial charge on any atom is -0.324 e. The van der Waals surface area contributed by atoms with Gasteiger partial charge in [0.15, 0.2) is 0 Å². The van der Waals surface area contributed by atoms with Crippen molar-refractivity contribution in [1.82, 2.24) is 9.78 Å². The van der Waals surface area contributed by atoms with Crippen LogP contribution in [-0.4, -0.2) is 9.78 Å². The Labute approximate surface area is 89.5 Å². The number of hydrogen-bond acceptors (Lipinski definition) is 2. The summed E-state index contributed by atoms with van der Waals surface area (Å²) in [5.74, 6) is 0. The fourth-order valence-corrected chi connectivity index (χ4v) is 1.56. The van der Waals surface area contributed by atoms with Gasteiger partial charge in [-0.25, -0.2) is 4.68 Å². The van der Waals surface area contributed by atoms with Crippen LogP contribution in [0.4, 0.5) is 0 Å². The van der Waals surface area contributed by atoms with Crippen LogP contribution in [0.2, 0.25) is 0 Å². The Morgan fingerprint density at radius 1 is 1.40 bits per heavy atom. The summed E-state index contributed by atoms with van der Waals surface area (Å²) in [6.45, 7) is 2.09. The number of nitrogens with zero attached hydrogens (tertiary/aromatic N) is 2. The van der Waals surface area contributed by atoms with Gasteiger partial charge in [-0.2, -0.15) is 5.10 Å². The molecule has 0 fully saturated rings. The number of hydrogen-bond donors (Lipinski definition) is 1. The summed E-state index contributed by atoms with van der Waals surface area (Å²) < 4.78 is 1.84. The average Bonchev–Trinajstić information content (AvgIpc) is 2.82. The van der Waals surface area contributed by atoms with E-state index in [0.29, 0.717) is 0 Å². The molecule has 0 aliphatic heterocycles. The topological polar surface area (TPSA) is 43.8 Å². The second-order valence-electron chi connectivity index (χ2n) is 3.56. The first kappa shape index (κ1) is 9.93. The normalized spacial score (nSPS) is 12.7. The van der Waals surface area contributed by atoms with E-state index < -0.39 is 0 Å². The van der Waals surface area contributed by atoms with Crippen LogP contribution in [0.1, 0.15) is 24.9 Å². The molecular formula is C12H15N3. The van der Waals surface area contributed by atoms with Crippen molar-refractivity contribution in [2.45, 2.75) is 19.4 Å². The molecule has 0 aliphatic rings. The van der Waals surface area contributed by atoms with Crippen LogP contribution in [0, 0.1) is 0 Å². The van der Waals surface area contributed by atoms with Crippen molar-refractivity contribution in [3.63, 3.8) is 0 Å². The average molecular weight is 201 g/mol. The Bertz CT molecular complexity index is 420. The molecule has 0 saturated carbocycles. The van der Waals surface area contributed by atoms with Gasteiger partial charge in [0.25, 0.3) is 0 Å². The largest absolute Gasteiger partial charge is 0.324 e. The third-order valence-electron chi connectivity index (χ3n) is 2.51. The highest BCUT2D eigenvalue weighted by atomic mass is 15.3. The smallest absolute Gasteiger partial charge is 0.0648 e. The Morgan fingerprint density at radius 2 is 2.27 bits per heavy atom. The molecule has 1 atom stereocenters. The van der Waals surface area contributed by atoms with E-state index in [2.05, 4.69) is 24.2 Å². The molecule has 0 amide bonds. The third kappa shape index (κ3) is 2.07. The Hall–Kier alpha value is -1.61. The number of nitrogens with two attached hydrogens (primary N) is 1. The molecule has 2 N–H and O–H groups in total. The van der Waals surface area contributed by atoms with Crippen LogP contribution in [-0.2, 0) is 0 Å². The lowest BCUT2D eigenvalue weighted by molar-refractivity contribution is 0.697. The molecule has 0 aliphatic carbocycles. The summed E-state index contributed by atoms with van der Waals surface area (Å²) in [5.41, 5.74) is 8.20. The summed E-state index contributed by atoms with van der Waals surface area (Å²) in [6.07, 6.45) is 4.64. The molecule has 0 saturated heterocycles. The Balaban J connectivity index is 2.35. The summed E-state index contributed by atoms with van der Waals surface area (Å²) in [6, 6.07) is 10.2. The first-order valence-electron chi connectivity index (χ1n) is 5.17. The lowest BCUT2D eigenvalue weighted by Crippen LogP contribution is -2.09. The third-order valence-corrected chi connectivity index (χ3v) is 2.51. The predicted molar refractivity (Wildman–Crippen MR) is 60.8 cm³/mol. The fraction of sp³-hybridized carbons (Fsp3) is 0.250. The highest BCUT2D eigenvalue weighted by Crippen LogP contribution is 2.16. The zero-order chi connectivity index (χ0) is 10.7. The van der Waals surface area contributed by atoms with Gasteiger partial charge in [-0.15, -0.1) is 0 Å². The van der Waals surface area contributed by atoms with E-state index in [1.54, 1.807) is 6.20 Å². The van der Waals surface area contributed by atoms with Crippen molar-refractivity contribution < 1.29 is 0 Å². The predicted octanol–water partition coefficient (Wildman–Crippen LogP) is 2.28. The standard InChI is InChI=1S/C12H15N3/c1-2-12(13)10-5-3-6-11(9-10)15-8-4-7-14-15/h3-9,12H,2,13H2,1H3. The van der Waals surface area contributed by atoms with Gasteiger partial charge < -0.3 is 5.73 Å².